The summed E-state index contributed by atoms with van der Waals surface area (Å²) in [5.41, 5.74) is 2.38. The van der Waals surface area contributed by atoms with Crippen LogP contribution in [0.1, 0.15) is 65.4 Å². The van der Waals surface area contributed by atoms with Crippen molar-refractivity contribution in [2.24, 2.45) is 0 Å². The number of benzene rings is 1. The standard InChI is InChI=1S/C22H33N3O2/c1-15(2)17-9-10-20(27-6)18(12-17)19-13-23-14-21(25-19)24-16(3)8-7-11-22(4,5)26/h9-10,12-16,26H,7-8,11H2,1-6H3,(H,24,25). The Morgan fingerprint density at radius 2 is 1.93 bits per heavy atom. The Bertz CT molecular complexity index is 739. The zero-order valence-electron chi connectivity index (χ0n) is 17.4. The molecule has 5 heteroatoms. The van der Waals surface area contributed by atoms with Crippen molar-refractivity contribution >= 4 is 5.82 Å². The van der Waals surface area contributed by atoms with Gasteiger partial charge in [-0.3, -0.25) is 4.98 Å². The normalized spacial score (nSPS) is 12.9. The zero-order chi connectivity index (χ0) is 20.0. The molecule has 5 nitrogen and oxygen atoms in total. The third-order valence-electron chi connectivity index (χ3n) is 4.62. The maximum Gasteiger partial charge on any atom is 0.145 e. The molecule has 0 aliphatic heterocycles. The third kappa shape index (κ3) is 6.51. The minimum Gasteiger partial charge on any atom is -0.496 e. The third-order valence-corrected chi connectivity index (χ3v) is 4.62. The SMILES string of the molecule is COc1ccc(C(C)C)cc1-c1cncc(NC(C)CCCC(C)(C)O)n1. The van der Waals surface area contributed by atoms with Gasteiger partial charge in [0.1, 0.15) is 11.6 Å². The van der Waals surface area contributed by atoms with E-state index in [2.05, 4.69) is 43.2 Å². The van der Waals surface area contributed by atoms with Crippen LogP contribution in [0.3, 0.4) is 0 Å². The molecule has 0 amide bonds. The summed E-state index contributed by atoms with van der Waals surface area (Å²) in [7, 11) is 1.67. The van der Waals surface area contributed by atoms with Crippen molar-refractivity contribution < 1.29 is 9.84 Å². The van der Waals surface area contributed by atoms with E-state index in [4.69, 9.17) is 9.72 Å². The maximum atomic E-state index is 9.84. The van der Waals surface area contributed by atoms with Crippen LogP contribution in [0.25, 0.3) is 11.3 Å². The molecule has 148 valence electrons. The predicted molar refractivity (Wildman–Crippen MR) is 111 cm³/mol. The van der Waals surface area contributed by atoms with Gasteiger partial charge in [-0.05, 0) is 63.6 Å². The number of hydrogen-bond donors (Lipinski definition) is 2. The molecule has 2 aromatic rings. The highest BCUT2D eigenvalue weighted by Crippen LogP contribution is 2.32. The summed E-state index contributed by atoms with van der Waals surface area (Å²) in [5.74, 6) is 1.98. The van der Waals surface area contributed by atoms with Crippen molar-refractivity contribution in [3.63, 3.8) is 0 Å². The Balaban J connectivity index is 2.14. The van der Waals surface area contributed by atoms with Gasteiger partial charge in [0.2, 0.25) is 0 Å². The molecule has 0 spiro atoms. The lowest BCUT2D eigenvalue weighted by Gasteiger charge is -2.19. The Morgan fingerprint density at radius 1 is 1.19 bits per heavy atom. The predicted octanol–water partition coefficient (Wildman–Crippen LogP) is 5.02. The van der Waals surface area contributed by atoms with Crippen molar-refractivity contribution in [1.29, 1.82) is 0 Å². The van der Waals surface area contributed by atoms with Gasteiger partial charge in [0.25, 0.3) is 0 Å². The molecule has 0 bridgehead atoms. The van der Waals surface area contributed by atoms with Gasteiger partial charge in [-0.25, -0.2) is 4.98 Å². The lowest BCUT2D eigenvalue weighted by Crippen LogP contribution is -2.21. The first kappa shape index (κ1) is 21.2. The van der Waals surface area contributed by atoms with Crippen molar-refractivity contribution in [2.75, 3.05) is 12.4 Å². The molecule has 1 aromatic heterocycles. The summed E-state index contributed by atoms with van der Waals surface area (Å²) < 4.78 is 5.53. The summed E-state index contributed by atoms with van der Waals surface area (Å²) >= 11 is 0. The van der Waals surface area contributed by atoms with Gasteiger partial charge in [-0.1, -0.05) is 19.9 Å². The van der Waals surface area contributed by atoms with E-state index in [1.165, 1.54) is 5.56 Å². The Hall–Kier alpha value is -2.14. The number of methoxy groups -OCH3 is 1. The number of nitrogens with zero attached hydrogens (tertiary/aromatic N) is 2. The van der Waals surface area contributed by atoms with Gasteiger partial charge in [0, 0.05) is 11.6 Å². The molecule has 0 saturated heterocycles. The van der Waals surface area contributed by atoms with E-state index < -0.39 is 5.60 Å². The molecule has 1 atom stereocenters. The van der Waals surface area contributed by atoms with Gasteiger partial charge >= 0.3 is 0 Å². The highest BCUT2D eigenvalue weighted by molar-refractivity contribution is 5.68. The highest BCUT2D eigenvalue weighted by atomic mass is 16.5. The minimum absolute atomic E-state index is 0.251. The molecule has 1 unspecified atom stereocenters. The molecular weight excluding hydrogens is 338 g/mol. The molecule has 1 aromatic carbocycles. The number of rotatable bonds is 9. The first-order valence-electron chi connectivity index (χ1n) is 9.69. The quantitative estimate of drug-likeness (QED) is 0.648. The van der Waals surface area contributed by atoms with Crippen LogP contribution >= 0.6 is 0 Å². The molecule has 0 radical (unpaired) electrons. The largest absolute Gasteiger partial charge is 0.496 e. The number of hydrogen-bond acceptors (Lipinski definition) is 5. The number of aromatic nitrogens is 2. The molecule has 0 fully saturated rings. The van der Waals surface area contributed by atoms with E-state index in [1.54, 1.807) is 19.5 Å². The van der Waals surface area contributed by atoms with Crippen LogP contribution in [0.5, 0.6) is 5.75 Å². The fourth-order valence-electron chi connectivity index (χ4n) is 3.02. The molecule has 0 saturated carbocycles. The molecule has 1 heterocycles. The topological polar surface area (TPSA) is 67.3 Å². The second-order valence-corrected chi connectivity index (χ2v) is 8.15. The van der Waals surface area contributed by atoms with E-state index in [0.717, 1.165) is 42.1 Å². The Kier molecular flexibility index (Phi) is 7.19. The average molecular weight is 372 g/mol. The molecule has 0 aliphatic rings. The molecular formula is C22H33N3O2. The number of nitrogens with one attached hydrogen (secondary N) is 1. The van der Waals surface area contributed by atoms with Crippen molar-refractivity contribution in [3.05, 3.63) is 36.2 Å². The van der Waals surface area contributed by atoms with E-state index in [1.807, 2.05) is 19.9 Å². The Morgan fingerprint density at radius 3 is 2.56 bits per heavy atom. The van der Waals surface area contributed by atoms with E-state index in [9.17, 15) is 5.11 Å². The monoisotopic (exact) mass is 371 g/mol. The van der Waals surface area contributed by atoms with Crippen molar-refractivity contribution in [2.45, 2.75) is 71.4 Å². The summed E-state index contributed by atoms with van der Waals surface area (Å²) in [4.78, 5) is 9.11. The van der Waals surface area contributed by atoms with Crippen LogP contribution in [0.4, 0.5) is 5.82 Å². The lowest BCUT2D eigenvalue weighted by atomic mass is 9.99. The number of aliphatic hydroxyl groups is 1. The second kappa shape index (κ2) is 9.18. The van der Waals surface area contributed by atoms with E-state index >= 15 is 0 Å². The fraction of sp³-hybridized carbons (Fsp3) is 0.545. The van der Waals surface area contributed by atoms with Crippen LogP contribution in [-0.4, -0.2) is 33.8 Å². The molecule has 0 aliphatic carbocycles. The molecule has 2 rings (SSSR count). The van der Waals surface area contributed by atoms with Crippen molar-refractivity contribution in [3.8, 4) is 17.0 Å². The van der Waals surface area contributed by atoms with E-state index in [0.29, 0.717) is 5.92 Å². The maximum absolute atomic E-state index is 9.84. The molecule has 2 N–H and O–H groups in total. The first-order chi connectivity index (χ1) is 12.7. The molecule has 27 heavy (non-hydrogen) atoms. The van der Waals surface area contributed by atoms with Crippen LogP contribution in [-0.2, 0) is 0 Å². The van der Waals surface area contributed by atoms with Gasteiger partial charge in [-0.15, -0.1) is 0 Å². The number of anilines is 1. The van der Waals surface area contributed by atoms with E-state index in [-0.39, 0.29) is 6.04 Å². The lowest BCUT2D eigenvalue weighted by molar-refractivity contribution is 0.0680. The van der Waals surface area contributed by atoms with Crippen LogP contribution < -0.4 is 10.1 Å². The second-order valence-electron chi connectivity index (χ2n) is 8.15. The highest BCUT2D eigenvalue weighted by Gasteiger charge is 2.14. The van der Waals surface area contributed by atoms with Crippen LogP contribution in [0.2, 0.25) is 0 Å². The minimum atomic E-state index is -0.614. The van der Waals surface area contributed by atoms with Gasteiger partial charge in [0.05, 0.1) is 30.8 Å². The first-order valence-corrected chi connectivity index (χ1v) is 9.69. The van der Waals surface area contributed by atoms with Crippen molar-refractivity contribution in [1.82, 2.24) is 9.97 Å². The fourth-order valence-corrected chi connectivity index (χ4v) is 3.02. The van der Waals surface area contributed by atoms with Gasteiger partial charge < -0.3 is 15.2 Å². The van der Waals surface area contributed by atoms with Crippen LogP contribution in [0.15, 0.2) is 30.6 Å². The Labute approximate surface area is 163 Å². The van der Waals surface area contributed by atoms with Crippen LogP contribution in [0, 0.1) is 0 Å². The zero-order valence-corrected chi connectivity index (χ0v) is 17.4. The van der Waals surface area contributed by atoms with Gasteiger partial charge in [0.15, 0.2) is 0 Å². The summed E-state index contributed by atoms with van der Waals surface area (Å²) in [6.07, 6.45) is 6.21. The number of ether oxygens (including phenoxy) is 1. The average Bonchev–Trinajstić information content (AvgIpc) is 2.60. The summed E-state index contributed by atoms with van der Waals surface area (Å²) in [5, 5.41) is 13.3. The summed E-state index contributed by atoms with van der Waals surface area (Å²) in [6.45, 7) is 10.2. The summed E-state index contributed by atoms with van der Waals surface area (Å²) in [6, 6.07) is 6.46. The van der Waals surface area contributed by atoms with Gasteiger partial charge in [-0.2, -0.15) is 0 Å². The smallest absolute Gasteiger partial charge is 0.145 e.